The molecule has 1 aliphatic carbocycles. The van der Waals surface area contributed by atoms with Crippen molar-refractivity contribution in [2.24, 2.45) is 0 Å². The first-order valence-corrected chi connectivity index (χ1v) is 7.26. The molecule has 1 fully saturated rings. The van der Waals surface area contributed by atoms with E-state index in [0.717, 1.165) is 10.9 Å². The van der Waals surface area contributed by atoms with Crippen LogP contribution in [0.4, 0.5) is 5.69 Å². The number of nitrogens with one attached hydrogen (secondary N) is 1. The first-order valence-electron chi connectivity index (χ1n) is 5.62. The lowest BCUT2D eigenvalue weighted by Crippen LogP contribution is -2.10. The van der Waals surface area contributed by atoms with Crippen LogP contribution >= 0.6 is 35.1 Å². The van der Waals surface area contributed by atoms with Crippen LogP contribution in [0.5, 0.6) is 0 Å². The molecule has 0 heterocycles. The Morgan fingerprint density at radius 1 is 1.06 bits per heavy atom. The Morgan fingerprint density at radius 2 is 1.81 bits per heavy atom. The van der Waals surface area contributed by atoms with Crippen LogP contribution in [-0.4, -0.2) is 5.25 Å². The maximum atomic E-state index is 5.95. The van der Waals surface area contributed by atoms with E-state index < -0.39 is 0 Å². The Balaban J connectivity index is 1.86. The van der Waals surface area contributed by atoms with Gasteiger partial charge in [0.15, 0.2) is 0 Å². The molecule has 0 spiro atoms. The molecule has 0 aromatic heterocycles. The summed E-state index contributed by atoms with van der Waals surface area (Å²) in [6.45, 7) is 0. The second-order valence-electron chi connectivity index (χ2n) is 4.11. The lowest BCUT2D eigenvalue weighted by molar-refractivity contribution is 0.516. The van der Waals surface area contributed by atoms with Crippen LogP contribution in [0, 0.1) is 0 Å². The van der Waals surface area contributed by atoms with Crippen molar-refractivity contribution in [3.8, 4) is 0 Å². The van der Waals surface area contributed by atoms with E-state index in [1.165, 1.54) is 32.1 Å². The molecule has 0 aliphatic heterocycles. The SMILES string of the molecule is Clc1ccc(NSC2CCCCC2)cc1Cl. The van der Waals surface area contributed by atoms with E-state index in [2.05, 4.69) is 4.72 Å². The zero-order valence-electron chi connectivity index (χ0n) is 9.01. The second-order valence-corrected chi connectivity index (χ2v) is 6.03. The van der Waals surface area contributed by atoms with E-state index >= 15 is 0 Å². The van der Waals surface area contributed by atoms with Crippen LogP contribution in [0.3, 0.4) is 0 Å². The predicted molar refractivity (Wildman–Crippen MR) is 74.5 cm³/mol. The van der Waals surface area contributed by atoms with Gasteiger partial charge in [-0.15, -0.1) is 0 Å². The van der Waals surface area contributed by atoms with Gasteiger partial charge in [0.05, 0.1) is 10.0 Å². The van der Waals surface area contributed by atoms with Crippen molar-refractivity contribution in [2.75, 3.05) is 4.72 Å². The molecule has 1 aromatic rings. The molecule has 2 rings (SSSR count). The third kappa shape index (κ3) is 3.47. The van der Waals surface area contributed by atoms with Crippen LogP contribution in [0.15, 0.2) is 18.2 Å². The van der Waals surface area contributed by atoms with Crippen molar-refractivity contribution < 1.29 is 0 Å². The highest BCUT2D eigenvalue weighted by Crippen LogP contribution is 2.31. The molecule has 0 saturated heterocycles. The smallest absolute Gasteiger partial charge is 0.0613 e. The van der Waals surface area contributed by atoms with Crippen molar-refractivity contribution in [1.82, 2.24) is 0 Å². The van der Waals surface area contributed by atoms with Crippen LogP contribution < -0.4 is 4.72 Å². The predicted octanol–water partition coefficient (Wildman–Crippen LogP) is 5.39. The summed E-state index contributed by atoms with van der Waals surface area (Å²) in [6.07, 6.45) is 6.75. The van der Waals surface area contributed by atoms with E-state index in [0.29, 0.717) is 10.0 Å². The summed E-state index contributed by atoms with van der Waals surface area (Å²) in [6, 6.07) is 5.66. The maximum absolute atomic E-state index is 5.95. The van der Waals surface area contributed by atoms with Gasteiger partial charge in [-0.2, -0.15) is 0 Å². The van der Waals surface area contributed by atoms with E-state index in [-0.39, 0.29) is 0 Å². The van der Waals surface area contributed by atoms with E-state index in [4.69, 9.17) is 23.2 Å². The quantitative estimate of drug-likeness (QED) is 0.743. The fourth-order valence-corrected chi connectivity index (χ4v) is 3.19. The standard InChI is InChI=1S/C12H15Cl2NS/c13-11-7-6-9(8-12(11)14)15-16-10-4-2-1-3-5-10/h6-8,10,15H,1-5H2. The van der Waals surface area contributed by atoms with Crippen molar-refractivity contribution >= 4 is 40.8 Å². The Morgan fingerprint density at radius 3 is 2.50 bits per heavy atom. The normalized spacial score (nSPS) is 17.4. The first kappa shape index (κ1) is 12.4. The van der Waals surface area contributed by atoms with Crippen LogP contribution in [-0.2, 0) is 0 Å². The Labute approximate surface area is 111 Å². The van der Waals surface area contributed by atoms with Crippen LogP contribution in [0.25, 0.3) is 0 Å². The molecule has 1 saturated carbocycles. The van der Waals surface area contributed by atoms with Crippen molar-refractivity contribution in [2.45, 2.75) is 37.4 Å². The number of anilines is 1. The molecule has 0 atom stereocenters. The average Bonchev–Trinajstić information content (AvgIpc) is 2.32. The number of benzene rings is 1. The summed E-state index contributed by atoms with van der Waals surface area (Å²) in [7, 11) is 0. The molecular formula is C12H15Cl2NS. The van der Waals surface area contributed by atoms with Crippen LogP contribution in [0.2, 0.25) is 10.0 Å². The number of halogens is 2. The summed E-state index contributed by atoms with van der Waals surface area (Å²) < 4.78 is 3.36. The zero-order chi connectivity index (χ0) is 11.4. The second kappa shape index (κ2) is 6.04. The molecule has 0 bridgehead atoms. The third-order valence-electron chi connectivity index (χ3n) is 2.82. The van der Waals surface area contributed by atoms with Gasteiger partial charge in [-0.1, -0.05) is 42.5 Å². The summed E-state index contributed by atoms with van der Waals surface area (Å²) in [5, 5.41) is 1.95. The topological polar surface area (TPSA) is 12.0 Å². The number of hydrogen-bond acceptors (Lipinski definition) is 2. The van der Waals surface area contributed by atoms with Gasteiger partial charge in [0.25, 0.3) is 0 Å². The van der Waals surface area contributed by atoms with Gasteiger partial charge >= 0.3 is 0 Å². The van der Waals surface area contributed by atoms with Crippen molar-refractivity contribution in [3.63, 3.8) is 0 Å². The van der Waals surface area contributed by atoms with Crippen molar-refractivity contribution in [3.05, 3.63) is 28.2 Å². The van der Waals surface area contributed by atoms with E-state index in [9.17, 15) is 0 Å². The minimum atomic E-state index is 0.606. The van der Waals surface area contributed by atoms with E-state index in [1.54, 1.807) is 0 Å². The minimum Gasteiger partial charge on any atom is -0.329 e. The molecule has 1 aliphatic rings. The van der Waals surface area contributed by atoms with E-state index in [1.807, 2.05) is 30.1 Å². The maximum Gasteiger partial charge on any atom is 0.0613 e. The summed E-state index contributed by atoms with van der Waals surface area (Å²) >= 11 is 13.6. The molecule has 1 nitrogen and oxygen atoms in total. The largest absolute Gasteiger partial charge is 0.329 e. The number of rotatable bonds is 3. The summed E-state index contributed by atoms with van der Waals surface area (Å²) in [4.78, 5) is 0. The highest BCUT2D eigenvalue weighted by molar-refractivity contribution is 8.01. The molecule has 88 valence electrons. The molecule has 0 unspecified atom stereocenters. The zero-order valence-corrected chi connectivity index (χ0v) is 11.3. The fraction of sp³-hybridized carbons (Fsp3) is 0.500. The molecule has 4 heteroatoms. The number of hydrogen-bond donors (Lipinski definition) is 1. The van der Waals surface area contributed by atoms with Crippen molar-refractivity contribution in [1.29, 1.82) is 0 Å². The fourth-order valence-electron chi connectivity index (χ4n) is 1.89. The highest BCUT2D eigenvalue weighted by atomic mass is 35.5. The van der Waals surface area contributed by atoms with Gasteiger partial charge in [-0.05, 0) is 43.0 Å². The molecule has 1 aromatic carbocycles. The lowest BCUT2D eigenvalue weighted by atomic mass is 10.0. The highest BCUT2D eigenvalue weighted by Gasteiger charge is 2.13. The van der Waals surface area contributed by atoms with Gasteiger partial charge in [0.1, 0.15) is 0 Å². The molecule has 1 N–H and O–H groups in total. The third-order valence-corrected chi connectivity index (χ3v) is 4.71. The molecule has 16 heavy (non-hydrogen) atoms. The first-order chi connectivity index (χ1) is 7.75. The summed E-state index contributed by atoms with van der Waals surface area (Å²) in [5.74, 6) is 0. The summed E-state index contributed by atoms with van der Waals surface area (Å²) in [5.41, 5.74) is 1.03. The van der Waals surface area contributed by atoms with Gasteiger partial charge in [0, 0.05) is 10.9 Å². The Bertz CT molecular complexity index is 351. The Hall–Kier alpha value is -0.0500. The molecular weight excluding hydrogens is 261 g/mol. The van der Waals surface area contributed by atoms with Gasteiger partial charge in [-0.3, -0.25) is 0 Å². The monoisotopic (exact) mass is 275 g/mol. The van der Waals surface area contributed by atoms with Crippen LogP contribution in [0.1, 0.15) is 32.1 Å². The van der Waals surface area contributed by atoms with Gasteiger partial charge in [-0.25, -0.2) is 0 Å². The Kier molecular flexibility index (Phi) is 4.68. The average molecular weight is 276 g/mol. The molecule has 0 radical (unpaired) electrons. The minimum absolute atomic E-state index is 0.606. The van der Waals surface area contributed by atoms with Gasteiger partial charge in [0.2, 0.25) is 0 Å². The lowest BCUT2D eigenvalue weighted by Gasteiger charge is -2.21. The van der Waals surface area contributed by atoms with Gasteiger partial charge < -0.3 is 4.72 Å². The molecule has 0 amide bonds.